The molecule has 0 unspecified atom stereocenters. The Morgan fingerprint density at radius 2 is 2.00 bits per heavy atom. The van der Waals surface area contributed by atoms with Crippen molar-refractivity contribution in [2.75, 3.05) is 6.54 Å². The van der Waals surface area contributed by atoms with E-state index in [1.54, 1.807) is 0 Å². The molecule has 1 aliphatic rings. The van der Waals surface area contributed by atoms with E-state index < -0.39 is 0 Å². The van der Waals surface area contributed by atoms with E-state index in [9.17, 15) is 4.39 Å². The predicted octanol–water partition coefficient (Wildman–Crippen LogP) is 3.36. The van der Waals surface area contributed by atoms with Crippen molar-refractivity contribution >= 4 is 0 Å². The van der Waals surface area contributed by atoms with Gasteiger partial charge in [-0.15, -0.1) is 0 Å². The maximum atomic E-state index is 13.6. The minimum absolute atomic E-state index is 0.237. The average Bonchev–Trinajstić information content (AvgIpc) is 2.45. The monoisotopic (exact) mass is 285 g/mol. The molecule has 110 valence electrons. The minimum atomic E-state index is -0.237. The number of nitrogens with zero attached hydrogens (tertiary/aromatic N) is 2. The molecule has 1 aliphatic heterocycles. The van der Waals surface area contributed by atoms with Crippen LogP contribution in [-0.2, 0) is 13.0 Å². The second kappa shape index (κ2) is 5.53. The first-order chi connectivity index (χ1) is 10.0. The van der Waals surface area contributed by atoms with Crippen molar-refractivity contribution in [3.8, 4) is 11.4 Å². The van der Waals surface area contributed by atoms with E-state index >= 15 is 0 Å². The van der Waals surface area contributed by atoms with E-state index in [1.807, 2.05) is 13.0 Å². The van der Waals surface area contributed by atoms with E-state index in [1.165, 1.54) is 17.7 Å². The van der Waals surface area contributed by atoms with Crippen LogP contribution in [-0.4, -0.2) is 16.5 Å². The normalized spacial score (nSPS) is 14.3. The quantitative estimate of drug-likeness (QED) is 0.919. The number of hydrogen-bond acceptors (Lipinski definition) is 3. The van der Waals surface area contributed by atoms with Gasteiger partial charge in [0.25, 0.3) is 0 Å². The Hall–Kier alpha value is -1.81. The molecular weight excluding hydrogens is 265 g/mol. The lowest BCUT2D eigenvalue weighted by Crippen LogP contribution is -2.27. The summed E-state index contributed by atoms with van der Waals surface area (Å²) in [7, 11) is 0. The molecule has 0 aliphatic carbocycles. The van der Waals surface area contributed by atoms with Crippen molar-refractivity contribution in [2.45, 2.75) is 39.7 Å². The smallest absolute Gasteiger partial charge is 0.159 e. The van der Waals surface area contributed by atoms with Crippen molar-refractivity contribution in [1.29, 1.82) is 0 Å². The molecule has 2 aromatic rings. The summed E-state index contributed by atoms with van der Waals surface area (Å²) >= 11 is 0. The number of hydrogen-bond donors (Lipinski definition) is 1. The molecule has 0 atom stereocenters. The summed E-state index contributed by atoms with van der Waals surface area (Å²) in [6.45, 7) is 7.92. The first-order valence-electron chi connectivity index (χ1n) is 7.42. The van der Waals surface area contributed by atoms with Crippen LogP contribution in [0.25, 0.3) is 11.4 Å². The Balaban J connectivity index is 2.17. The molecule has 1 aromatic carbocycles. The Morgan fingerprint density at radius 3 is 2.71 bits per heavy atom. The van der Waals surface area contributed by atoms with Gasteiger partial charge in [0.05, 0.1) is 11.4 Å². The predicted molar refractivity (Wildman–Crippen MR) is 81.7 cm³/mol. The lowest BCUT2D eigenvalue weighted by atomic mass is 9.98. The van der Waals surface area contributed by atoms with Crippen LogP contribution in [0.5, 0.6) is 0 Å². The fourth-order valence-electron chi connectivity index (χ4n) is 2.84. The molecule has 0 spiro atoms. The second-order valence-electron chi connectivity index (χ2n) is 5.96. The summed E-state index contributed by atoms with van der Waals surface area (Å²) in [4.78, 5) is 9.41. The van der Waals surface area contributed by atoms with Gasteiger partial charge in [0.2, 0.25) is 0 Å². The van der Waals surface area contributed by atoms with Gasteiger partial charge in [-0.25, -0.2) is 14.4 Å². The topological polar surface area (TPSA) is 37.8 Å². The van der Waals surface area contributed by atoms with E-state index in [-0.39, 0.29) is 5.82 Å². The summed E-state index contributed by atoms with van der Waals surface area (Å²) in [6.07, 6.45) is 0.902. The number of halogens is 1. The number of fused-ring (bicyclic) bond motifs is 1. The Morgan fingerprint density at radius 1 is 1.19 bits per heavy atom. The highest BCUT2D eigenvalue weighted by atomic mass is 19.1. The molecule has 1 aromatic heterocycles. The van der Waals surface area contributed by atoms with Crippen LogP contribution >= 0.6 is 0 Å². The summed E-state index contributed by atoms with van der Waals surface area (Å²) in [5.74, 6) is 0.732. The number of aryl methyl sites for hydroxylation is 1. The number of rotatable bonds is 2. The third-order valence-electron chi connectivity index (χ3n) is 3.81. The highest BCUT2D eigenvalue weighted by Crippen LogP contribution is 2.27. The molecule has 1 N–H and O–H groups in total. The Labute approximate surface area is 124 Å². The molecule has 0 bridgehead atoms. The second-order valence-corrected chi connectivity index (χ2v) is 5.96. The minimum Gasteiger partial charge on any atom is -0.312 e. The fraction of sp³-hybridized carbons (Fsp3) is 0.412. The van der Waals surface area contributed by atoms with Crippen LogP contribution in [0, 0.1) is 12.7 Å². The van der Waals surface area contributed by atoms with Crippen LogP contribution in [0.3, 0.4) is 0 Å². The van der Waals surface area contributed by atoms with Crippen LogP contribution < -0.4 is 5.32 Å². The van der Waals surface area contributed by atoms with Gasteiger partial charge >= 0.3 is 0 Å². The van der Waals surface area contributed by atoms with Crippen molar-refractivity contribution in [3.05, 3.63) is 46.5 Å². The standard InChI is InChI=1S/C17H20FN3/c1-10(2)16-14-9-19-5-4-15(14)20-17(21-16)12-6-11(3)7-13(18)8-12/h6-8,10,19H,4-5,9H2,1-3H3. The molecule has 3 rings (SSSR count). The zero-order valence-corrected chi connectivity index (χ0v) is 12.7. The Kier molecular flexibility index (Phi) is 3.72. The van der Waals surface area contributed by atoms with Crippen LogP contribution in [0.2, 0.25) is 0 Å². The number of nitrogens with one attached hydrogen (secondary N) is 1. The van der Waals surface area contributed by atoms with Gasteiger partial charge in [0.1, 0.15) is 5.82 Å². The molecule has 2 heterocycles. The molecule has 4 heteroatoms. The molecule has 3 nitrogen and oxygen atoms in total. The summed E-state index contributed by atoms with van der Waals surface area (Å²) < 4.78 is 13.6. The van der Waals surface area contributed by atoms with E-state index in [2.05, 4.69) is 19.2 Å². The van der Waals surface area contributed by atoms with E-state index in [0.29, 0.717) is 11.7 Å². The first-order valence-corrected chi connectivity index (χ1v) is 7.42. The van der Waals surface area contributed by atoms with Crippen LogP contribution in [0.4, 0.5) is 4.39 Å². The van der Waals surface area contributed by atoms with E-state index in [0.717, 1.165) is 42.0 Å². The largest absolute Gasteiger partial charge is 0.312 e. The van der Waals surface area contributed by atoms with Crippen molar-refractivity contribution < 1.29 is 4.39 Å². The maximum absolute atomic E-state index is 13.6. The zero-order valence-electron chi connectivity index (χ0n) is 12.7. The molecule has 0 saturated carbocycles. The van der Waals surface area contributed by atoms with E-state index in [4.69, 9.17) is 9.97 Å². The molecule has 0 amide bonds. The highest BCUT2D eigenvalue weighted by Gasteiger charge is 2.20. The lowest BCUT2D eigenvalue weighted by molar-refractivity contribution is 0.608. The average molecular weight is 285 g/mol. The number of benzene rings is 1. The van der Waals surface area contributed by atoms with Crippen molar-refractivity contribution in [2.24, 2.45) is 0 Å². The summed E-state index contributed by atoms with van der Waals surface area (Å²) in [5, 5.41) is 3.37. The lowest BCUT2D eigenvalue weighted by Gasteiger charge is -2.21. The highest BCUT2D eigenvalue weighted by molar-refractivity contribution is 5.57. The Bertz CT molecular complexity index is 660. The van der Waals surface area contributed by atoms with Gasteiger partial charge in [-0.3, -0.25) is 0 Å². The van der Waals surface area contributed by atoms with Gasteiger partial charge in [-0.05, 0) is 36.6 Å². The van der Waals surface area contributed by atoms with Crippen molar-refractivity contribution in [1.82, 2.24) is 15.3 Å². The van der Waals surface area contributed by atoms with Crippen LogP contribution in [0.1, 0.15) is 42.3 Å². The summed E-state index contributed by atoms with van der Waals surface area (Å²) in [6, 6.07) is 4.98. The molecule has 0 saturated heterocycles. The number of aromatic nitrogens is 2. The fourth-order valence-corrected chi connectivity index (χ4v) is 2.84. The molecule has 0 fully saturated rings. The van der Waals surface area contributed by atoms with Gasteiger partial charge in [-0.2, -0.15) is 0 Å². The summed E-state index contributed by atoms with van der Waals surface area (Å²) in [5.41, 5.74) is 5.04. The zero-order chi connectivity index (χ0) is 15.0. The molecule has 21 heavy (non-hydrogen) atoms. The maximum Gasteiger partial charge on any atom is 0.159 e. The SMILES string of the molecule is Cc1cc(F)cc(-c2nc3c(c(C(C)C)n2)CNCC3)c1. The third-order valence-corrected chi connectivity index (χ3v) is 3.81. The van der Waals surface area contributed by atoms with Crippen molar-refractivity contribution in [3.63, 3.8) is 0 Å². The molecular formula is C17H20FN3. The van der Waals surface area contributed by atoms with Gasteiger partial charge in [0, 0.05) is 30.6 Å². The van der Waals surface area contributed by atoms with Crippen LogP contribution in [0.15, 0.2) is 18.2 Å². The molecule has 0 radical (unpaired) electrons. The van der Waals surface area contributed by atoms with Gasteiger partial charge < -0.3 is 5.32 Å². The third kappa shape index (κ3) is 2.81. The van der Waals surface area contributed by atoms with Gasteiger partial charge in [-0.1, -0.05) is 13.8 Å². The van der Waals surface area contributed by atoms with Gasteiger partial charge in [0.15, 0.2) is 5.82 Å². The first kappa shape index (κ1) is 14.1.